The van der Waals surface area contributed by atoms with Gasteiger partial charge in [0.2, 0.25) is 0 Å². The lowest BCUT2D eigenvalue weighted by Crippen LogP contribution is -2.20. The highest BCUT2D eigenvalue weighted by atomic mass is 32.2. The van der Waals surface area contributed by atoms with Crippen molar-refractivity contribution in [1.29, 1.82) is 5.41 Å². The average molecular weight is 455 g/mol. The number of thioether (sulfide) groups is 1. The summed E-state index contributed by atoms with van der Waals surface area (Å²) in [5.74, 6) is 0.580. The van der Waals surface area contributed by atoms with E-state index in [1.165, 1.54) is 11.7 Å². The Morgan fingerprint density at radius 1 is 0.875 bits per heavy atom. The molecule has 0 radical (unpaired) electrons. The van der Waals surface area contributed by atoms with Gasteiger partial charge in [-0.1, -0.05) is 36.4 Å². The normalized spacial score (nSPS) is 15.2. The second-order valence-electron chi connectivity index (χ2n) is 7.07. The number of pyridine rings is 2. The molecule has 32 heavy (non-hydrogen) atoms. The fourth-order valence-corrected chi connectivity index (χ4v) is 4.53. The lowest BCUT2D eigenvalue weighted by Gasteiger charge is -2.19. The van der Waals surface area contributed by atoms with Gasteiger partial charge in [0.15, 0.2) is 0 Å². The van der Waals surface area contributed by atoms with E-state index in [1.807, 2.05) is 61.0 Å². The maximum atomic E-state index is 9.02. The maximum absolute atomic E-state index is 9.02. The van der Waals surface area contributed by atoms with E-state index in [-0.39, 0.29) is 0 Å². The predicted molar refractivity (Wildman–Crippen MR) is 134 cm³/mol. The highest BCUT2D eigenvalue weighted by molar-refractivity contribution is 7.98. The van der Waals surface area contributed by atoms with Gasteiger partial charge in [-0.2, -0.15) is 8.75 Å². The molecule has 1 N–H and O–H groups in total. The zero-order valence-corrected chi connectivity index (χ0v) is 18.8. The molecule has 156 valence electrons. The van der Waals surface area contributed by atoms with E-state index >= 15 is 0 Å². The monoisotopic (exact) mass is 454 g/mol. The van der Waals surface area contributed by atoms with Crippen molar-refractivity contribution >= 4 is 57.1 Å². The van der Waals surface area contributed by atoms with Gasteiger partial charge < -0.3 is 0 Å². The maximum Gasteiger partial charge on any atom is 0.113 e. The number of benzene rings is 1. The second-order valence-corrected chi connectivity index (χ2v) is 8.43. The number of hydrogen-bond acceptors (Lipinski definition) is 8. The Morgan fingerprint density at radius 3 is 2.22 bits per heavy atom. The van der Waals surface area contributed by atoms with Gasteiger partial charge in [-0.25, -0.2) is 0 Å². The van der Waals surface area contributed by atoms with Crippen molar-refractivity contribution in [2.45, 2.75) is 0 Å². The molecule has 0 spiro atoms. The number of nitrogens with one attached hydrogen (secondary N) is 1. The molecule has 6 nitrogen and oxygen atoms in total. The number of allylic oxidation sites excluding steroid dienone is 4. The van der Waals surface area contributed by atoms with Crippen LogP contribution in [0.5, 0.6) is 0 Å². The van der Waals surface area contributed by atoms with Crippen LogP contribution < -0.4 is 0 Å². The summed E-state index contributed by atoms with van der Waals surface area (Å²) in [4.78, 5) is 13.2. The first-order valence-electron chi connectivity index (χ1n) is 9.89. The van der Waals surface area contributed by atoms with E-state index in [1.54, 1.807) is 30.4 Å². The molecule has 0 saturated carbocycles. The average Bonchev–Trinajstić information content (AvgIpc) is 3.34. The van der Waals surface area contributed by atoms with Gasteiger partial charge >= 0.3 is 0 Å². The van der Waals surface area contributed by atoms with Crippen molar-refractivity contribution < 1.29 is 0 Å². The lowest BCUT2D eigenvalue weighted by molar-refractivity contribution is 1.31. The Labute approximate surface area is 193 Å². The number of nitrogens with zero attached hydrogens (tertiary/aromatic N) is 5. The molecule has 0 unspecified atom stereocenters. The summed E-state index contributed by atoms with van der Waals surface area (Å²) in [6, 6.07) is 11.9. The summed E-state index contributed by atoms with van der Waals surface area (Å²) < 4.78 is 9.13. The summed E-state index contributed by atoms with van der Waals surface area (Å²) in [5.41, 5.74) is 8.13. The summed E-state index contributed by atoms with van der Waals surface area (Å²) in [6.07, 6.45) is 13.1. The van der Waals surface area contributed by atoms with E-state index in [0.29, 0.717) is 17.3 Å². The SMILES string of the molecule is CSCN=C1C(=N)C(c2ccc(-c3cccnc3)c3nsnc23)=CC=C1c1cccnc1. The van der Waals surface area contributed by atoms with Crippen molar-refractivity contribution in [3.8, 4) is 11.1 Å². The van der Waals surface area contributed by atoms with Crippen LogP contribution in [0.25, 0.3) is 33.3 Å². The molecule has 1 aliphatic carbocycles. The third-order valence-corrected chi connectivity index (χ3v) is 6.10. The van der Waals surface area contributed by atoms with Crippen molar-refractivity contribution in [2.24, 2.45) is 4.99 Å². The molecule has 0 atom stereocenters. The third kappa shape index (κ3) is 3.68. The minimum absolute atomic E-state index is 0.379. The van der Waals surface area contributed by atoms with Gasteiger partial charge in [0.05, 0.1) is 29.0 Å². The Morgan fingerprint density at radius 2 is 1.53 bits per heavy atom. The molecular weight excluding hydrogens is 436 g/mol. The zero-order chi connectivity index (χ0) is 21.9. The van der Waals surface area contributed by atoms with Crippen molar-refractivity contribution in [2.75, 3.05) is 12.1 Å². The summed E-state index contributed by atoms with van der Waals surface area (Å²) >= 11 is 2.80. The highest BCUT2D eigenvalue weighted by Crippen LogP contribution is 2.35. The standard InChI is InChI=1S/C24H18N6S2/c1-31-14-28-22-17(15-4-2-10-26-12-15)6-8-19(21(22)25)20-9-7-18(16-5-3-11-27-13-16)23-24(20)30-32-29-23/h2-13,25H,14H2,1H3. The predicted octanol–water partition coefficient (Wildman–Crippen LogP) is 5.41. The Balaban J connectivity index is 1.65. The van der Waals surface area contributed by atoms with E-state index in [4.69, 9.17) is 10.4 Å². The minimum Gasteiger partial charge on any atom is -0.298 e. The molecule has 5 rings (SSSR count). The summed E-state index contributed by atoms with van der Waals surface area (Å²) in [6.45, 7) is 0. The van der Waals surface area contributed by atoms with Crippen molar-refractivity contribution in [3.05, 3.63) is 84.5 Å². The van der Waals surface area contributed by atoms with Crippen molar-refractivity contribution in [3.63, 3.8) is 0 Å². The van der Waals surface area contributed by atoms with Gasteiger partial charge in [0.1, 0.15) is 11.0 Å². The van der Waals surface area contributed by atoms with Crippen LogP contribution in [0.2, 0.25) is 0 Å². The largest absolute Gasteiger partial charge is 0.298 e. The lowest BCUT2D eigenvalue weighted by atomic mass is 9.86. The van der Waals surface area contributed by atoms with Crippen LogP contribution in [0.3, 0.4) is 0 Å². The van der Waals surface area contributed by atoms with Gasteiger partial charge in [-0.15, -0.1) is 11.8 Å². The number of aliphatic imine (C=N–C) groups is 1. The summed E-state index contributed by atoms with van der Waals surface area (Å²) in [7, 11) is 0. The van der Waals surface area contributed by atoms with Crippen LogP contribution in [0.4, 0.5) is 0 Å². The van der Waals surface area contributed by atoms with Crippen LogP contribution in [0.15, 0.2) is 78.3 Å². The van der Waals surface area contributed by atoms with Crippen LogP contribution in [0, 0.1) is 5.41 Å². The fraction of sp³-hybridized carbons (Fsp3) is 0.0833. The molecule has 3 aromatic heterocycles. The third-order valence-electron chi connectivity index (χ3n) is 5.18. The molecule has 1 aromatic carbocycles. The van der Waals surface area contributed by atoms with Gasteiger partial charge in [0.25, 0.3) is 0 Å². The van der Waals surface area contributed by atoms with Crippen molar-refractivity contribution in [1.82, 2.24) is 18.7 Å². The second kappa shape index (κ2) is 8.94. The topological polar surface area (TPSA) is 87.8 Å². The number of aromatic nitrogens is 4. The van der Waals surface area contributed by atoms with Gasteiger partial charge in [-0.3, -0.25) is 20.4 Å². The molecule has 0 fully saturated rings. The minimum atomic E-state index is 0.379. The smallest absolute Gasteiger partial charge is 0.113 e. The van der Waals surface area contributed by atoms with Crippen LogP contribution in [-0.4, -0.2) is 42.3 Å². The molecule has 4 aromatic rings. The number of fused-ring (bicyclic) bond motifs is 1. The van der Waals surface area contributed by atoms with Crippen LogP contribution in [-0.2, 0) is 0 Å². The summed E-state index contributed by atoms with van der Waals surface area (Å²) in [5, 5.41) is 9.02. The fourth-order valence-electron chi connectivity index (χ4n) is 3.70. The molecule has 3 heterocycles. The van der Waals surface area contributed by atoms with Gasteiger partial charge in [0, 0.05) is 58.2 Å². The number of rotatable bonds is 5. The quantitative estimate of drug-likeness (QED) is 0.407. The van der Waals surface area contributed by atoms with E-state index < -0.39 is 0 Å². The molecule has 0 bridgehead atoms. The zero-order valence-electron chi connectivity index (χ0n) is 17.2. The molecular formula is C24H18N6S2. The molecule has 8 heteroatoms. The van der Waals surface area contributed by atoms with E-state index in [0.717, 1.165) is 44.4 Å². The van der Waals surface area contributed by atoms with E-state index in [9.17, 15) is 0 Å². The Hall–Kier alpha value is -3.49. The van der Waals surface area contributed by atoms with Crippen LogP contribution >= 0.6 is 23.5 Å². The molecule has 0 aliphatic heterocycles. The molecule has 0 amide bonds. The highest BCUT2D eigenvalue weighted by Gasteiger charge is 2.25. The Kier molecular flexibility index (Phi) is 5.70. The molecule has 1 aliphatic rings. The first kappa shape index (κ1) is 20.4. The Bertz CT molecular complexity index is 1390. The molecule has 0 saturated heterocycles. The number of hydrogen-bond donors (Lipinski definition) is 1. The van der Waals surface area contributed by atoms with E-state index in [2.05, 4.69) is 18.7 Å². The first-order valence-corrected chi connectivity index (χ1v) is 12.0. The first-order chi connectivity index (χ1) is 15.8. The van der Waals surface area contributed by atoms with Gasteiger partial charge in [-0.05, 0) is 18.4 Å². The van der Waals surface area contributed by atoms with Crippen LogP contribution in [0.1, 0.15) is 11.1 Å².